The number of ether oxygens (including phenoxy) is 1. The molecule has 3 aromatic carbocycles. The first-order chi connectivity index (χ1) is 18.1. The smallest absolute Gasteiger partial charge is 0.343 e. The largest absolute Gasteiger partial charge is 0.462 e. The molecule has 1 N–H and O–H groups in total. The van der Waals surface area contributed by atoms with Crippen LogP contribution in [0.4, 0.5) is 5.82 Å². The number of fused-ring (bicyclic) bond motifs is 1. The molecule has 0 aliphatic heterocycles. The van der Waals surface area contributed by atoms with Crippen LogP contribution in [0.25, 0.3) is 28.4 Å². The molecule has 0 aliphatic rings. The van der Waals surface area contributed by atoms with Crippen LogP contribution in [0, 0.1) is 0 Å². The van der Waals surface area contributed by atoms with E-state index < -0.39 is 11.9 Å². The third kappa shape index (κ3) is 5.16. The number of benzene rings is 3. The van der Waals surface area contributed by atoms with Gasteiger partial charge in [0.15, 0.2) is 11.6 Å². The van der Waals surface area contributed by atoms with Gasteiger partial charge in [-0.25, -0.2) is 9.78 Å². The average Bonchev–Trinajstić information content (AvgIpc) is 3.36. The fourth-order valence-electron chi connectivity index (χ4n) is 3.96. The number of hydrogen-bond donors (Lipinski definition) is 1. The summed E-state index contributed by atoms with van der Waals surface area (Å²) >= 11 is 0. The monoisotopic (exact) mass is 488 g/mol. The van der Waals surface area contributed by atoms with Gasteiger partial charge in [-0.2, -0.15) is 9.78 Å². The average molecular weight is 489 g/mol. The van der Waals surface area contributed by atoms with Crippen molar-refractivity contribution in [1.29, 1.82) is 0 Å². The minimum atomic E-state index is -0.585. The fraction of sp³-hybridized carbons (Fsp3) is 0.0667. The molecule has 2 heterocycles. The van der Waals surface area contributed by atoms with Crippen molar-refractivity contribution in [1.82, 2.24) is 14.8 Å². The van der Waals surface area contributed by atoms with Gasteiger partial charge in [0.2, 0.25) is 0 Å². The first-order valence-corrected chi connectivity index (χ1v) is 11.9. The van der Waals surface area contributed by atoms with Gasteiger partial charge < -0.3 is 10.1 Å². The molecule has 0 bridgehead atoms. The normalized spacial score (nSPS) is 11.3. The molecule has 5 aromatic rings. The number of pyridine rings is 1. The van der Waals surface area contributed by atoms with Gasteiger partial charge in [0.05, 0.1) is 18.3 Å². The maximum absolute atomic E-state index is 13.8. The van der Waals surface area contributed by atoms with Crippen molar-refractivity contribution >= 4 is 40.2 Å². The molecular weight excluding hydrogens is 464 g/mol. The number of esters is 1. The molecule has 2 aromatic heterocycles. The van der Waals surface area contributed by atoms with Crippen LogP contribution in [0.3, 0.4) is 0 Å². The van der Waals surface area contributed by atoms with E-state index in [1.165, 1.54) is 10.9 Å². The molecule has 0 fully saturated rings. The van der Waals surface area contributed by atoms with Gasteiger partial charge in [0.25, 0.3) is 5.91 Å². The van der Waals surface area contributed by atoms with Crippen LogP contribution in [0.1, 0.15) is 28.4 Å². The van der Waals surface area contributed by atoms with E-state index in [4.69, 9.17) is 4.74 Å². The minimum absolute atomic E-state index is 0.136. The van der Waals surface area contributed by atoms with Crippen molar-refractivity contribution in [3.05, 3.63) is 120 Å². The van der Waals surface area contributed by atoms with Crippen LogP contribution in [-0.2, 0) is 9.53 Å². The highest BCUT2D eigenvalue weighted by Crippen LogP contribution is 2.26. The van der Waals surface area contributed by atoms with Crippen LogP contribution in [0.15, 0.2) is 103 Å². The van der Waals surface area contributed by atoms with Crippen molar-refractivity contribution in [3.63, 3.8) is 0 Å². The molecule has 7 nitrogen and oxygen atoms in total. The molecule has 0 atom stereocenters. The third-order valence-electron chi connectivity index (χ3n) is 5.74. The highest BCUT2D eigenvalue weighted by Gasteiger charge is 2.24. The number of para-hydroxylation sites is 1. The second-order valence-corrected chi connectivity index (χ2v) is 8.19. The molecule has 0 unspecified atom stereocenters. The molecule has 1 amide bonds. The Morgan fingerprint density at radius 2 is 1.59 bits per heavy atom. The highest BCUT2D eigenvalue weighted by atomic mass is 16.5. The van der Waals surface area contributed by atoms with Crippen molar-refractivity contribution in [2.75, 3.05) is 11.9 Å². The predicted molar refractivity (Wildman–Crippen MR) is 144 cm³/mol. The van der Waals surface area contributed by atoms with E-state index in [1.54, 1.807) is 13.0 Å². The van der Waals surface area contributed by atoms with E-state index in [2.05, 4.69) is 15.4 Å². The van der Waals surface area contributed by atoms with Crippen LogP contribution in [-0.4, -0.2) is 33.2 Å². The van der Waals surface area contributed by atoms with Gasteiger partial charge in [0, 0.05) is 11.0 Å². The van der Waals surface area contributed by atoms with Gasteiger partial charge in [-0.05, 0) is 42.3 Å². The van der Waals surface area contributed by atoms with Crippen molar-refractivity contribution < 1.29 is 14.3 Å². The Bertz CT molecular complexity index is 1590. The zero-order valence-corrected chi connectivity index (χ0v) is 20.2. The van der Waals surface area contributed by atoms with Gasteiger partial charge in [-0.15, -0.1) is 0 Å². The number of amides is 1. The van der Waals surface area contributed by atoms with Gasteiger partial charge >= 0.3 is 5.97 Å². The van der Waals surface area contributed by atoms with Crippen LogP contribution < -0.4 is 5.32 Å². The Hall–Kier alpha value is -5.04. The number of carbonyl (C=O) groups excluding carboxylic acids is 2. The van der Waals surface area contributed by atoms with Gasteiger partial charge in [-0.1, -0.05) is 78.9 Å². The summed E-state index contributed by atoms with van der Waals surface area (Å²) in [5, 5.41) is 8.27. The minimum Gasteiger partial charge on any atom is -0.462 e. The van der Waals surface area contributed by atoms with E-state index in [9.17, 15) is 9.59 Å². The molecule has 0 spiro atoms. The lowest BCUT2D eigenvalue weighted by Gasteiger charge is -2.13. The van der Waals surface area contributed by atoms with Gasteiger partial charge in [-0.3, -0.25) is 4.79 Å². The Labute approximate surface area is 214 Å². The molecule has 0 radical (unpaired) electrons. The second-order valence-electron chi connectivity index (χ2n) is 8.19. The highest BCUT2D eigenvalue weighted by molar-refractivity contribution is 6.29. The summed E-state index contributed by atoms with van der Waals surface area (Å²) in [5.41, 5.74) is 2.93. The van der Waals surface area contributed by atoms with E-state index >= 15 is 0 Å². The summed E-state index contributed by atoms with van der Waals surface area (Å²) in [4.78, 5) is 31.2. The molecule has 7 heteroatoms. The summed E-state index contributed by atoms with van der Waals surface area (Å²) < 4.78 is 6.68. The van der Waals surface area contributed by atoms with E-state index in [0.29, 0.717) is 11.4 Å². The van der Waals surface area contributed by atoms with Gasteiger partial charge in [0.1, 0.15) is 5.56 Å². The Kier molecular flexibility index (Phi) is 6.85. The van der Waals surface area contributed by atoms with Crippen LogP contribution in [0.2, 0.25) is 0 Å². The second kappa shape index (κ2) is 10.7. The number of nitrogens with zero attached hydrogens (tertiary/aromatic N) is 3. The molecular formula is C30H24N4O3. The lowest BCUT2D eigenvalue weighted by Crippen LogP contribution is -2.19. The summed E-state index contributed by atoms with van der Waals surface area (Å²) in [6, 6.07) is 30.3. The van der Waals surface area contributed by atoms with Crippen molar-refractivity contribution in [2.45, 2.75) is 6.92 Å². The summed E-state index contributed by atoms with van der Waals surface area (Å²) in [6.07, 6.45) is 3.19. The number of carbonyl (C=O) groups is 2. The topological polar surface area (TPSA) is 86.1 Å². The number of nitrogens with one attached hydrogen (secondary N) is 1. The predicted octanol–water partition coefficient (Wildman–Crippen LogP) is 5.78. The van der Waals surface area contributed by atoms with Crippen LogP contribution >= 0.6 is 0 Å². The molecule has 0 aliphatic carbocycles. The summed E-state index contributed by atoms with van der Waals surface area (Å²) in [6.45, 7) is 1.91. The Morgan fingerprint density at radius 1 is 0.892 bits per heavy atom. The summed E-state index contributed by atoms with van der Waals surface area (Å²) in [5.74, 6) is -0.347. The SMILES string of the molecule is CCOC(=O)c1cnn(-c2ccc3ccccc3n2)c1NC(=O)/C(=C\c1ccccc1)c1ccccc1. The number of hydrogen-bond acceptors (Lipinski definition) is 5. The van der Waals surface area contributed by atoms with Crippen LogP contribution in [0.5, 0.6) is 0 Å². The van der Waals surface area contributed by atoms with E-state index in [0.717, 1.165) is 22.0 Å². The third-order valence-corrected chi connectivity index (χ3v) is 5.74. The number of aromatic nitrogens is 3. The van der Waals surface area contributed by atoms with Crippen molar-refractivity contribution in [2.24, 2.45) is 0 Å². The first kappa shape index (κ1) is 23.7. The zero-order valence-electron chi connectivity index (χ0n) is 20.2. The quantitative estimate of drug-likeness (QED) is 0.178. The lowest BCUT2D eigenvalue weighted by atomic mass is 10.0. The first-order valence-electron chi connectivity index (χ1n) is 11.9. The lowest BCUT2D eigenvalue weighted by molar-refractivity contribution is -0.111. The molecule has 0 saturated heterocycles. The maximum Gasteiger partial charge on any atom is 0.343 e. The van der Waals surface area contributed by atoms with Crippen molar-refractivity contribution in [3.8, 4) is 5.82 Å². The number of rotatable bonds is 7. The number of anilines is 1. The standard InChI is InChI=1S/C30H24N4O3/c1-2-37-30(36)25-20-31-34(27-18-17-23-15-9-10-16-26(23)32-27)28(25)33-29(35)24(22-13-7-4-8-14-22)19-21-11-5-3-6-12-21/h3-20H,2H2,1H3,(H,33,35)/b24-19-. The fourth-order valence-corrected chi connectivity index (χ4v) is 3.96. The molecule has 0 saturated carbocycles. The zero-order chi connectivity index (χ0) is 25.6. The molecule has 37 heavy (non-hydrogen) atoms. The Balaban J connectivity index is 1.59. The molecule has 5 rings (SSSR count). The summed E-state index contributed by atoms with van der Waals surface area (Å²) in [7, 11) is 0. The van der Waals surface area contributed by atoms with E-state index in [1.807, 2.05) is 97.1 Å². The molecule has 182 valence electrons. The maximum atomic E-state index is 13.8. The Morgan fingerprint density at radius 3 is 2.35 bits per heavy atom. The van der Waals surface area contributed by atoms with E-state index in [-0.39, 0.29) is 18.0 Å².